The average molecular weight is 307 g/mol. The smallest absolute Gasteiger partial charge is 0.320 e. The lowest BCUT2D eigenvalue weighted by atomic mass is 10.3. The van der Waals surface area contributed by atoms with Crippen LogP contribution in [0.4, 0.5) is 0 Å². The van der Waals surface area contributed by atoms with Gasteiger partial charge in [-0.2, -0.15) is 0 Å². The maximum atomic E-state index is 12.2. The summed E-state index contributed by atoms with van der Waals surface area (Å²) in [7, 11) is 1.52. The van der Waals surface area contributed by atoms with E-state index in [0.29, 0.717) is 28.9 Å². The van der Waals surface area contributed by atoms with E-state index in [1.54, 1.807) is 30.6 Å². The fourth-order valence-electron chi connectivity index (χ4n) is 2.24. The standard InChI is InChI=1S/C15H15ClN2O3/c1-21-13-5-4-11(8-12(13)16)18-7-6-17(9-10-2-3-10)14(19)15(18)20/h4-8,10H,2-3,9H2,1H3. The molecular weight excluding hydrogens is 292 g/mol. The Kier molecular flexibility index (Phi) is 3.59. The minimum atomic E-state index is -0.570. The van der Waals surface area contributed by atoms with Gasteiger partial charge in [-0.3, -0.25) is 14.2 Å². The molecule has 2 aromatic rings. The van der Waals surface area contributed by atoms with Crippen molar-refractivity contribution in [2.45, 2.75) is 19.4 Å². The second-order valence-corrected chi connectivity index (χ2v) is 5.60. The number of rotatable bonds is 4. The number of halogens is 1. The average Bonchev–Trinajstić information content (AvgIpc) is 3.28. The van der Waals surface area contributed by atoms with E-state index in [1.165, 1.54) is 16.2 Å². The minimum Gasteiger partial charge on any atom is -0.495 e. The van der Waals surface area contributed by atoms with Crippen molar-refractivity contribution in [2.24, 2.45) is 5.92 Å². The number of aromatic nitrogens is 2. The van der Waals surface area contributed by atoms with Crippen LogP contribution < -0.4 is 15.9 Å². The van der Waals surface area contributed by atoms with Crippen molar-refractivity contribution in [3.63, 3.8) is 0 Å². The highest BCUT2D eigenvalue weighted by Gasteiger charge is 2.22. The first kappa shape index (κ1) is 13.9. The highest BCUT2D eigenvalue weighted by atomic mass is 35.5. The molecule has 110 valence electrons. The highest BCUT2D eigenvalue weighted by Crippen LogP contribution is 2.30. The second-order valence-electron chi connectivity index (χ2n) is 5.19. The lowest BCUT2D eigenvalue weighted by molar-refractivity contribution is 0.415. The minimum absolute atomic E-state index is 0.393. The molecule has 0 atom stereocenters. The second kappa shape index (κ2) is 5.41. The monoisotopic (exact) mass is 306 g/mol. The third kappa shape index (κ3) is 2.74. The number of ether oxygens (including phenoxy) is 1. The molecular formula is C15H15ClN2O3. The zero-order valence-electron chi connectivity index (χ0n) is 11.6. The summed E-state index contributed by atoms with van der Waals surface area (Å²) < 4.78 is 7.86. The van der Waals surface area contributed by atoms with Crippen molar-refractivity contribution in [2.75, 3.05) is 7.11 Å². The molecule has 0 bridgehead atoms. The first-order valence-electron chi connectivity index (χ1n) is 6.76. The summed E-state index contributed by atoms with van der Waals surface area (Å²) in [5.74, 6) is 1.06. The Morgan fingerprint density at radius 1 is 1.24 bits per heavy atom. The molecule has 0 unspecified atom stereocenters. The maximum absolute atomic E-state index is 12.2. The van der Waals surface area contributed by atoms with Crippen LogP contribution in [-0.2, 0) is 6.54 Å². The fourth-order valence-corrected chi connectivity index (χ4v) is 2.49. The predicted molar refractivity (Wildman–Crippen MR) is 80.6 cm³/mol. The van der Waals surface area contributed by atoms with Gasteiger partial charge in [-0.05, 0) is 37.0 Å². The number of nitrogens with zero attached hydrogens (tertiary/aromatic N) is 2. The maximum Gasteiger partial charge on any atom is 0.320 e. The molecule has 6 heteroatoms. The zero-order valence-corrected chi connectivity index (χ0v) is 12.3. The Morgan fingerprint density at radius 2 is 2.00 bits per heavy atom. The van der Waals surface area contributed by atoms with Gasteiger partial charge in [-0.15, -0.1) is 0 Å². The normalized spacial score (nSPS) is 14.2. The van der Waals surface area contributed by atoms with E-state index in [-0.39, 0.29) is 0 Å². The Balaban J connectivity index is 2.02. The van der Waals surface area contributed by atoms with Crippen molar-refractivity contribution in [3.8, 4) is 11.4 Å². The van der Waals surface area contributed by atoms with E-state index in [9.17, 15) is 9.59 Å². The van der Waals surface area contributed by atoms with Gasteiger partial charge in [0.1, 0.15) is 5.75 Å². The summed E-state index contributed by atoms with van der Waals surface area (Å²) in [6.45, 7) is 0.623. The van der Waals surface area contributed by atoms with Gasteiger partial charge in [-0.1, -0.05) is 11.6 Å². The molecule has 3 rings (SSSR count). The fraction of sp³-hybridized carbons (Fsp3) is 0.333. The first-order chi connectivity index (χ1) is 10.1. The van der Waals surface area contributed by atoms with Gasteiger partial charge in [0.25, 0.3) is 0 Å². The molecule has 0 saturated heterocycles. The molecule has 1 aromatic heterocycles. The molecule has 0 N–H and O–H groups in total. The van der Waals surface area contributed by atoms with Crippen LogP contribution in [0.15, 0.2) is 40.2 Å². The van der Waals surface area contributed by atoms with E-state index in [0.717, 1.165) is 12.8 Å². The molecule has 21 heavy (non-hydrogen) atoms. The number of benzene rings is 1. The molecule has 0 radical (unpaired) electrons. The van der Waals surface area contributed by atoms with Crippen LogP contribution in [0.25, 0.3) is 5.69 Å². The lowest BCUT2D eigenvalue weighted by Crippen LogP contribution is -2.40. The van der Waals surface area contributed by atoms with E-state index in [4.69, 9.17) is 16.3 Å². The van der Waals surface area contributed by atoms with Crippen LogP contribution in [0, 0.1) is 5.92 Å². The number of hydrogen-bond acceptors (Lipinski definition) is 3. The summed E-state index contributed by atoms with van der Waals surface area (Å²) in [6.07, 6.45) is 5.51. The molecule has 1 fully saturated rings. The largest absolute Gasteiger partial charge is 0.495 e. The van der Waals surface area contributed by atoms with Gasteiger partial charge in [0.2, 0.25) is 0 Å². The first-order valence-corrected chi connectivity index (χ1v) is 7.14. The van der Waals surface area contributed by atoms with Crippen LogP contribution in [0.2, 0.25) is 5.02 Å². The Bertz CT molecular complexity index is 790. The molecule has 1 aliphatic rings. The summed E-state index contributed by atoms with van der Waals surface area (Å²) in [6, 6.07) is 4.96. The molecule has 1 aliphatic carbocycles. The van der Waals surface area contributed by atoms with Crippen molar-refractivity contribution in [3.05, 3.63) is 56.3 Å². The number of methoxy groups -OCH3 is 1. The molecule has 5 nitrogen and oxygen atoms in total. The predicted octanol–water partition coefficient (Wildman–Crippen LogP) is 2.07. The Hall–Kier alpha value is -2.01. The van der Waals surface area contributed by atoms with E-state index >= 15 is 0 Å². The summed E-state index contributed by atoms with van der Waals surface area (Å²) in [4.78, 5) is 24.3. The Labute approximate surface area is 126 Å². The summed E-state index contributed by atoms with van der Waals surface area (Å²) in [5.41, 5.74) is -0.530. The lowest BCUT2D eigenvalue weighted by Gasteiger charge is -2.10. The van der Waals surface area contributed by atoms with Gasteiger partial charge in [0.15, 0.2) is 0 Å². The Morgan fingerprint density at radius 3 is 2.62 bits per heavy atom. The molecule has 0 spiro atoms. The molecule has 1 heterocycles. The highest BCUT2D eigenvalue weighted by molar-refractivity contribution is 6.32. The number of hydrogen-bond donors (Lipinski definition) is 0. The zero-order chi connectivity index (χ0) is 15.0. The topological polar surface area (TPSA) is 53.2 Å². The van der Waals surface area contributed by atoms with Crippen LogP contribution in [-0.4, -0.2) is 16.2 Å². The molecule has 0 amide bonds. The van der Waals surface area contributed by atoms with Gasteiger partial charge in [-0.25, -0.2) is 0 Å². The van der Waals surface area contributed by atoms with Crippen LogP contribution in [0.3, 0.4) is 0 Å². The summed E-state index contributed by atoms with van der Waals surface area (Å²) in [5, 5.41) is 0.393. The third-order valence-corrected chi connectivity index (χ3v) is 3.92. The van der Waals surface area contributed by atoms with Crippen LogP contribution >= 0.6 is 11.6 Å². The van der Waals surface area contributed by atoms with Crippen LogP contribution in [0.5, 0.6) is 5.75 Å². The quantitative estimate of drug-likeness (QED) is 0.813. The summed E-state index contributed by atoms with van der Waals surface area (Å²) >= 11 is 6.06. The van der Waals surface area contributed by atoms with Crippen molar-refractivity contribution in [1.82, 2.24) is 9.13 Å². The van der Waals surface area contributed by atoms with Crippen molar-refractivity contribution < 1.29 is 4.74 Å². The van der Waals surface area contributed by atoms with Crippen molar-refractivity contribution >= 4 is 11.6 Å². The van der Waals surface area contributed by atoms with E-state index in [1.807, 2.05) is 0 Å². The molecule has 0 aliphatic heterocycles. The van der Waals surface area contributed by atoms with Gasteiger partial charge < -0.3 is 9.30 Å². The van der Waals surface area contributed by atoms with Crippen molar-refractivity contribution in [1.29, 1.82) is 0 Å². The van der Waals surface area contributed by atoms with Gasteiger partial charge in [0, 0.05) is 18.9 Å². The SMILES string of the molecule is COc1ccc(-n2ccn(CC3CC3)c(=O)c2=O)cc1Cl. The molecule has 1 saturated carbocycles. The van der Waals surface area contributed by atoms with Gasteiger partial charge >= 0.3 is 11.1 Å². The van der Waals surface area contributed by atoms with Crippen LogP contribution in [0.1, 0.15) is 12.8 Å². The van der Waals surface area contributed by atoms with Gasteiger partial charge in [0.05, 0.1) is 17.8 Å². The van der Waals surface area contributed by atoms with E-state index in [2.05, 4.69) is 0 Å². The molecule has 1 aromatic carbocycles. The third-order valence-electron chi connectivity index (χ3n) is 3.62. The van der Waals surface area contributed by atoms with E-state index < -0.39 is 11.1 Å².